The van der Waals surface area contributed by atoms with Gasteiger partial charge in [-0.05, 0) is 27.7 Å². The van der Waals surface area contributed by atoms with Gasteiger partial charge in [0.1, 0.15) is 0 Å². The maximum Gasteiger partial charge on any atom is 0.00127 e. The smallest absolute Gasteiger partial charge is 0.00127 e. The molecule has 0 fully saturated rings. The molecule has 0 unspecified atom stereocenters. The summed E-state index contributed by atoms with van der Waals surface area (Å²) in [4.78, 5) is 2.35. The van der Waals surface area contributed by atoms with E-state index in [1.807, 2.05) is 13.8 Å². The zero-order chi connectivity index (χ0) is 11.6. The van der Waals surface area contributed by atoms with Crippen LogP contribution in [0.25, 0.3) is 5.32 Å². The van der Waals surface area contributed by atoms with Gasteiger partial charge in [0.25, 0.3) is 0 Å². The Labute approximate surface area is 116 Å². The summed E-state index contributed by atoms with van der Waals surface area (Å²) in [5.74, 6) is 0. The van der Waals surface area contributed by atoms with Crippen molar-refractivity contribution in [1.82, 2.24) is 4.90 Å². The molecule has 0 aliphatic heterocycles. The molecule has 2 nitrogen and oxygen atoms in total. The molecule has 0 radical (unpaired) electrons. The molecule has 3 heteroatoms. The maximum absolute atomic E-state index is 3.97. The minimum absolute atomic E-state index is 0. The minimum atomic E-state index is 0. The van der Waals surface area contributed by atoms with Crippen LogP contribution in [0.5, 0.6) is 0 Å². The first-order valence-electron chi connectivity index (χ1n) is 5.69. The number of rotatable bonds is 5. The van der Waals surface area contributed by atoms with Crippen LogP contribution in [0.1, 0.15) is 41.5 Å². The van der Waals surface area contributed by atoms with Gasteiger partial charge < -0.3 is 17.1 Å². The topological polar surface area (TPSA) is 17.3 Å². The Bertz CT molecular complexity index is 95.8. The van der Waals surface area contributed by atoms with Crippen LogP contribution < -0.4 is 0 Å². The van der Waals surface area contributed by atoms with Gasteiger partial charge in [-0.25, -0.2) is 0 Å². The van der Waals surface area contributed by atoms with Crippen molar-refractivity contribution in [2.45, 2.75) is 53.6 Å². The van der Waals surface area contributed by atoms with Crippen molar-refractivity contribution in [1.29, 1.82) is 0 Å². The zero-order valence-corrected chi connectivity index (χ0v) is 15.0. The number of hydrogen-bond donors (Lipinski definition) is 0. The Morgan fingerprint density at radius 3 is 1.33 bits per heavy atom. The van der Waals surface area contributed by atoms with Crippen LogP contribution in [0.15, 0.2) is 0 Å². The Hall–Kier alpha value is 0.790. The van der Waals surface area contributed by atoms with E-state index in [4.69, 9.17) is 0 Å². The van der Waals surface area contributed by atoms with Gasteiger partial charge in [0.05, 0.1) is 0 Å². The third-order valence-corrected chi connectivity index (χ3v) is 2.03. The molecule has 0 spiro atoms. The molecule has 15 heavy (non-hydrogen) atoms. The van der Waals surface area contributed by atoms with Crippen LogP contribution in [-0.2, 0) is 25.8 Å². The summed E-state index contributed by atoms with van der Waals surface area (Å²) in [6.07, 6.45) is 0. The molecule has 0 N–H and O–H groups in total. The molecule has 0 rings (SSSR count). The number of hydrogen-bond acceptors (Lipinski definition) is 1. The van der Waals surface area contributed by atoms with Gasteiger partial charge in [-0.1, -0.05) is 13.8 Å². The second kappa shape index (κ2) is 14.8. The van der Waals surface area contributed by atoms with Crippen LogP contribution in [0.2, 0.25) is 0 Å². The maximum atomic E-state index is 3.97. The standard InChI is InChI=1S/C8H18N.C4H10N.Hf/c1-6-9(7(2)3)8(4)5;1-3-5-4-2;/h7-8H,1,6H2,2-5H3;3-4H2,1-2H3;/q2*-1;. The van der Waals surface area contributed by atoms with E-state index >= 15 is 0 Å². The fourth-order valence-corrected chi connectivity index (χ4v) is 1.34. The summed E-state index contributed by atoms with van der Waals surface area (Å²) in [7, 11) is 0. The molecule has 0 heterocycles. The van der Waals surface area contributed by atoms with Crippen molar-refractivity contribution in [3.05, 3.63) is 12.2 Å². The van der Waals surface area contributed by atoms with Crippen LogP contribution >= 0.6 is 0 Å². The molecule has 0 aromatic heterocycles. The third-order valence-electron chi connectivity index (χ3n) is 2.03. The molecule has 0 aromatic carbocycles. The van der Waals surface area contributed by atoms with Crippen molar-refractivity contribution in [2.75, 3.05) is 19.6 Å². The SMILES string of the molecule is CC[N-]CC.[CH2-]CN(C(C)C)C(C)C.[Hf]. The van der Waals surface area contributed by atoms with Crippen molar-refractivity contribution < 1.29 is 25.8 Å². The average molecular weight is 379 g/mol. The van der Waals surface area contributed by atoms with Gasteiger partial charge in [0.2, 0.25) is 0 Å². The molecule has 0 saturated carbocycles. The molecule has 0 atom stereocenters. The van der Waals surface area contributed by atoms with E-state index in [-0.39, 0.29) is 25.8 Å². The fourth-order valence-electron chi connectivity index (χ4n) is 1.34. The van der Waals surface area contributed by atoms with Gasteiger partial charge in [-0.2, -0.15) is 13.1 Å². The van der Waals surface area contributed by atoms with Gasteiger partial charge in [0.15, 0.2) is 0 Å². The van der Waals surface area contributed by atoms with E-state index in [1.165, 1.54) is 0 Å². The summed E-state index contributed by atoms with van der Waals surface area (Å²) < 4.78 is 0. The Balaban J connectivity index is -0.000000208. The van der Waals surface area contributed by atoms with Crippen molar-refractivity contribution in [2.24, 2.45) is 0 Å². The Morgan fingerprint density at radius 2 is 1.33 bits per heavy atom. The first-order chi connectivity index (χ1) is 6.51. The molecule has 0 aliphatic rings. The van der Waals surface area contributed by atoms with Crippen molar-refractivity contribution >= 4 is 0 Å². The molecular weight excluding hydrogens is 351 g/mol. The second-order valence-electron chi connectivity index (χ2n) is 3.78. The summed E-state index contributed by atoms with van der Waals surface area (Å²) in [6, 6.07) is 1.25. The van der Waals surface area contributed by atoms with Crippen LogP contribution in [0.4, 0.5) is 0 Å². The van der Waals surface area contributed by atoms with Crippen LogP contribution in [-0.4, -0.2) is 36.6 Å². The van der Waals surface area contributed by atoms with Crippen LogP contribution in [0, 0.1) is 6.92 Å². The molecule has 0 aromatic rings. The van der Waals surface area contributed by atoms with E-state index < -0.39 is 0 Å². The van der Waals surface area contributed by atoms with Crippen molar-refractivity contribution in [3.8, 4) is 0 Å². The minimum Gasteiger partial charge on any atom is -0.663 e. The number of nitrogens with zero attached hydrogens (tertiary/aromatic N) is 2. The van der Waals surface area contributed by atoms with Crippen LogP contribution in [0.3, 0.4) is 0 Å². The predicted octanol–water partition coefficient (Wildman–Crippen LogP) is 3.34. The summed E-state index contributed by atoms with van der Waals surface area (Å²) in [5, 5.41) is 3.97. The second-order valence-corrected chi connectivity index (χ2v) is 3.78. The largest absolute Gasteiger partial charge is 0.663 e. The molecule has 0 amide bonds. The Morgan fingerprint density at radius 1 is 1.00 bits per heavy atom. The normalized spacial score (nSPS) is 10.0. The third kappa shape index (κ3) is 14.8. The average Bonchev–Trinajstić information content (AvgIpc) is 2.06. The van der Waals surface area contributed by atoms with Gasteiger partial charge in [0, 0.05) is 37.9 Å². The predicted molar refractivity (Wildman–Crippen MR) is 66.8 cm³/mol. The zero-order valence-electron chi connectivity index (χ0n) is 11.4. The summed E-state index contributed by atoms with van der Waals surface area (Å²) >= 11 is 0. The van der Waals surface area contributed by atoms with E-state index in [0.717, 1.165) is 19.6 Å². The van der Waals surface area contributed by atoms with E-state index in [1.54, 1.807) is 0 Å². The Kier molecular flexibility index (Phi) is 20.8. The molecule has 0 saturated heterocycles. The van der Waals surface area contributed by atoms with E-state index in [9.17, 15) is 0 Å². The van der Waals surface area contributed by atoms with E-state index in [2.05, 4.69) is 44.8 Å². The monoisotopic (exact) mass is 380 g/mol. The first kappa shape index (κ1) is 21.1. The first-order valence-corrected chi connectivity index (χ1v) is 5.69. The van der Waals surface area contributed by atoms with Gasteiger partial charge in [-0.3, -0.25) is 0 Å². The summed E-state index contributed by atoms with van der Waals surface area (Å²) in [5.41, 5.74) is 0. The van der Waals surface area contributed by atoms with Gasteiger partial charge >= 0.3 is 0 Å². The van der Waals surface area contributed by atoms with E-state index in [0.29, 0.717) is 12.1 Å². The molecule has 0 aliphatic carbocycles. The fraction of sp³-hybridized carbons (Fsp3) is 0.917. The molecular formula is C12H28HfN2-2. The summed E-state index contributed by atoms with van der Waals surface area (Å²) in [6.45, 7) is 19.6. The molecule has 92 valence electrons. The quantitative estimate of drug-likeness (QED) is 0.530. The van der Waals surface area contributed by atoms with Crippen molar-refractivity contribution in [3.63, 3.8) is 0 Å². The molecule has 0 bridgehead atoms. The van der Waals surface area contributed by atoms with Gasteiger partial charge in [-0.15, -0.1) is 6.54 Å².